The van der Waals surface area contributed by atoms with Gasteiger partial charge < -0.3 is 10.5 Å². The molecule has 0 unspecified atom stereocenters. The lowest BCUT2D eigenvalue weighted by atomic mass is 9.96. The smallest absolute Gasteiger partial charge is 0.406 e. The molecule has 2 nitrogen and oxygen atoms in total. The molecule has 0 fully saturated rings. The van der Waals surface area contributed by atoms with E-state index in [1.54, 1.807) is 0 Å². The summed E-state index contributed by atoms with van der Waals surface area (Å²) in [5.74, 6) is -0.500. The highest BCUT2D eigenvalue weighted by Crippen LogP contribution is 2.38. The zero-order valence-corrected chi connectivity index (χ0v) is 12.2. The minimum Gasteiger partial charge on any atom is -0.406 e. The number of halogens is 6. The maximum absolute atomic E-state index is 13.3. The van der Waals surface area contributed by atoms with Crippen molar-refractivity contribution in [1.82, 2.24) is 0 Å². The first-order valence-electron chi connectivity index (χ1n) is 6.86. The van der Waals surface area contributed by atoms with Crippen LogP contribution in [0.5, 0.6) is 5.75 Å². The van der Waals surface area contributed by atoms with E-state index in [1.807, 2.05) is 0 Å². The maximum Gasteiger partial charge on any atom is 0.573 e. The van der Waals surface area contributed by atoms with Gasteiger partial charge in [0, 0.05) is 0 Å². The number of hydrogen-bond donors (Lipinski definition) is 1. The molecule has 0 radical (unpaired) electrons. The summed E-state index contributed by atoms with van der Waals surface area (Å²) in [6.45, 7) is 0.208. The summed E-state index contributed by atoms with van der Waals surface area (Å²) in [5, 5.41) is 0. The van der Waals surface area contributed by atoms with Gasteiger partial charge in [0.1, 0.15) is 5.75 Å². The van der Waals surface area contributed by atoms with Crippen molar-refractivity contribution in [3.8, 4) is 16.9 Å². The Morgan fingerprint density at radius 1 is 0.875 bits per heavy atom. The lowest BCUT2D eigenvalue weighted by Crippen LogP contribution is -2.17. The maximum atomic E-state index is 13.3. The molecule has 0 aliphatic rings. The molecular formula is C16H13F6NO. The molecule has 8 heteroatoms. The van der Waals surface area contributed by atoms with Crippen molar-refractivity contribution in [3.05, 3.63) is 53.6 Å². The summed E-state index contributed by atoms with van der Waals surface area (Å²) in [6, 6.07) is 8.03. The van der Waals surface area contributed by atoms with E-state index in [-0.39, 0.29) is 17.7 Å². The average molecular weight is 349 g/mol. The molecule has 2 aromatic rings. The molecule has 0 bridgehead atoms. The molecule has 2 aromatic carbocycles. The van der Waals surface area contributed by atoms with Crippen molar-refractivity contribution >= 4 is 0 Å². The first-order chi connectivity index (χ1) is 11.1. The fourth-order valence-corrected chi connectivity index (χ4v) is 2.24. The number of hydrogen-bond acceptors (Lipinski definition) is 2. The zero-order valence-electron chi connectivity index (χ0n) is 12.2. The third-order valence-electron chi connectivity index (χ3n) is 3.22. The van der Waals surface area contributed by atoms with Crippen molar-refractivity contribution < 1.29 is 31.1 Å². The third-order valence-corrected chi connectivity index (χ3v) is 3.22. The molecule has 0 spiro atoms. The molecule has 0 aliphatic heterocycles. The van der Waals surface area contributed by atoms with E-state index in [1.165, 1.54) is 12.1 Å². The molecule has 2 rings (SSSR count). The molecule has 0 aromatic heterocycles. The van der Waals surface area contributed by atoms with Crippen LogP contribution in [0.2, 0.25) is 0 Å². The Kier molecular flexibility index (Phi) is 5.08. The fourth-order valence-electron chi connectivity index (χ4n) is 2.24. The van der Waals surface area contributed by atoms with Gasteiger partial charge in [-0.2, -0.15) is 13.2 Å². The van der Waals surface area contributed by atoms with Crippen LogP contribution in [-0.4, -0.2) is 12.9 Å². The number of benzene rings is 2. The van der Waals surface area contributed by atoms with Crippen molar-refractivity contribution in [2.24, 2.45) is 5.73 Å². The third kappa shape index (κ3) is 4.64. The lowest BCUT2D eigenvalue weighted by molar-refractivity contribution is -0.274. The largest absolute Gasteiger partial charge is 0.573 e. The van der Waals surface area contributed by atoms with Crippen LogP contribution < -0.4 is 10.5 Å². The Hall–Kier alpha value is -2.22. The van der Waals surface area contributed by atoms with Crippen LogP contribution in [0, 0.1) is 0 Å². The van der Waals surface area contributed by atoms with Gasteiger partial charge >= 0.3 is 12.5 Å². The zero-order chi connectivity index (χ0) is 18.0. The summed E-state index contributed by atoms with van der Waals surface area (Å²) in [5.41, 5.74) is 4.93. The second kappa shape index (κ2) is 6.72. The van der Waals surface area contributed by atoms with Crippen LogP contribution in [0.4, 0.5) is 26.3 Å². The van der Waals surface area contributed by atoms with E-state index in [0.29, 0.717) is 12.0 Å². The van der Waals surface area contributed by atoms with Gasteiger partial charge in [0.2, 0.25) is 0 Å². The van der Waals surface area contributed by atoms with Gasteiger partial charge in [0.05, 0.1) is 5.56 Å². The van der Waals surface area contributed by atoms with Gasteiger partial charge in [0.25, 0.3) is 0 Å². The van der Waals surface area contributed by atoms with Crippen LogP contribution >= 0.6 is 0 Å². The average Bonchev–Trinajstić information content (AvgIpc) is 2.46. The summed E-state index contributed by atoms with van der Waals surface area (Å²) in [7, 11) is 0. The molecular weight excluding hydrogens is 336 g/mol. The Bertz CT molecular complexity index is 691. The number of ether oxygens (including phenoxy) is 1. The van der Waals surface area contributed by atoms with Gasteiger partial charge in [-0.15, -0.1) is 13.2 Å². The highest BCUT2D eigenvalue weighted by molar-refractivity contribution is 5.69. The molecule has 0 amide bonds. The molecule has 24 heavy (non-hydrogen) atoms. The van der Waals surface area contributed by atoms with Crippen LogP contribution in [0.1, 0.15) is 11.1 Å². The molecule has 0 saturated heterocycles. The number of alkyl halides is 6. The van der Waals surface area contributed by atoms with Crippen LogP contribution in [0.3, 0.4) is 0 Å². The van der Waals surface area contributed by atoms with E-state index in [0.717, 1.165) is 30.3 Å². The Balaban J connectivity index is 2.40. The predicted octanol–water partition coefficient (Wildman–Crippen LogP) is 4.77. The highest BCUT2D eigenvalue weighted by Gasteiger charge is 2.34. The second-order valence-corrected chi connectivity index (χ2v) is 4.99. The summed E-state index contributed by atoms with van der Waals surface area (Å²) in [6.07, 6.45) is -9.16. The Morgan fingerprint density at radius 2 is 1.50 bits per heavy atom. The van der Waals surface area contributed by atoms with Gasteiger partial charge in [-0.05, 0) is 47.9 Å². The summed E-state index contributed by atoms with van der Waals surface area (Å²) in [4.78, 5) is 0. The molecule has 0 atom stereocenters. The highest BCUT2D eigenvalue weighted by atomic mass is 19.4. The van der Waals surface area contributed by atoms with Crippen molar-refractivity contribution in [3.63, 3.8) is 0 Å². The van der Waals surface area contributed by atoms with Crippen LogP contribution in [0.15, 0.2) is 42.5 Å². The molecule has 2 N–H and O–H groups in total. The van der Waals surface area contributed by atoms with Crippen LogP contribution in [0.25, 0.3) is 11.1 Å². The van der Waals surface area contributed by atoms with Crippen molar-refractivity contribution in [2.45, 2.75) is 19.0 Å². The van der Waals surface area contributed by atoms with Gasteiger partial charge in [-0.25, -0.2) is 0 Å². The standard InChI is InChI=1S/C16H13F6NO/c17-15(18,19)14-9-10(7-8-23)1-6-13(14)11-2-4-12(5-3-11)24-16(20,21)22/h1-6,9H,7-8,23H2. The Labute approximate surface area is 133 Å². The van der Waals surface area contributed by atoms with Crippen molar-refractivity contribution in [2.75, 3.05) is 6.54 Å². The first-order valence-corrected chi connectivity index (χ1v) is 6.86. The monoisotopic (exact) mass is 349 g/mol. The van der Waals surface area contributed by atoms with E-state index in [4.69, 9.17) is 5.73 Å². The summed E-state index contributed by atoms with van der Waals surface area (Å²) >= 11 is 0. The van der Waals surface area contributed by atoms with Crippen molar-refractivity contribution in [1.29, 1.82) is 0 Å². The van der Waals surface area contributed by atoms with E-state index in [9.17, 15) is 26.3 Å². The Morgan fingerprint density at radius 3 is 2.00 bits per heavy atom. The SMILES string of the molecule is NCCc1ccc(-c2ccc(OC(F)(F)F)cc2)c(C(F)(F)F)c1. The molecule has 0 saturated carbocycles. The topological polar surface area (TPSA) is 35.2 Å². The van der Waals surface area contributed by atoms with E-state index < -0.39 is 23.9 Å². The van der Waals surface area contributed by atoms with E-state index in [2.05, 4.69) is 4.74 Å². The van der Waals surface area contributed by atoms with Gasteiger partial charge in [-0.1, -0.05) is 24.3 Å². The fraction of sp³-hybridized carbons (Fsp3) is 0.250. The normalized spacial score (nSPS) is 12.3. The van der Waals surface area contributed by atoms with Gasteiger partial charge in [-0.3, -0.25) is 0 Å². The molecule has 0 aliphatic carbocycles. The molecule has 130 valence electrons. The lowest BCUT2D eigenvalue weighted by Gasteiger charge is -2.15. The predicted molar refractivity (Wildman–Crippen MR) is 76.3 cm³/mol. The van der Waals surface area contributed by atoms with Crippen LogP contribution in [-0.2, 0) is 12.6 Å². The van der Waals surface area contributed by atoms with E-state index >= 15 is 0 Å². The molecule has 0 heterocycles. The second-order valence-electron chi connectivity index (χ2n) is 4.99. The minimum atomic E-state index is -4.86. The minimum absolute atomic E-state index is 0.123. The summed E-state index contributed by atoms with van der Waals surface area (Å²) < 4.78 is 79.8. The number of rotatable bonds is 4. The first kappa shape index (κ1) is 18.1. The van der Waals surface area contributed by atoms with Gasteiger partial charge in [0.15, 0.2) is 0 Å². The quantitative estimate of drug-likeness (QED) is 0.807. The number of nitrogens with two attached hydrogens (primary N) is 1.